The molecular formula is C30H31N3O7S. The van der Waals surface area contributed by atoms with Crippen LogP contribution in [0.15, 0.2) is 77.7 Å². The van der Waals surface area contributed by atoms with E-state index in [1.165, 1.54) is 22.5 Å². The first-order chi connectivity index (χ1) is 19.8. The molecule has 0 unspecified atom stereocenters. The van der Waals surface area contributed by atoms with Crippen LogP contribution in [-0.4, -0.2) is 76.4 Å². The van der Waals surface area contributed by atoms with Crippen LogP contribution in [0, 0.1) is 0 Å². The van der Waals surface area contributed by atoms with Crippen molar-refractivity contribution < 1.29 is 32.3 Å². The third kappa shape index (κ3) is 6.48. The Hall–Kier alpha value is -4.06. The van der Waals surface area contributed by atoms with Gasteiger partial charge in [-0.1, -0.05) is 48.5 Å². The zero-order chi connectivity index (χ0) is 28.8. The van der Waals surface area contributed by atoms with Gasteiger partial charge in [-0.3, -0.25) is 9.59 Å². The average Bonchev–Trinajstić information content (AvgIpc) is 3.55. The number of amides is 1. The van der Waals surface area contributed by atoms with Crippen molar-refractivity contribution in [3.8, 4) is 0 Å². The topological polar surface area (TPSA) is 122 Å². The highest BCUT2D eigenvalue weighted by molar-refractivity contribution is 7.89. The number of carbonyl (C=O) groups is 3. The summed E-state index contributed by atoms with van der Waals surface area (Å²) in [6.07, 6.45) is 1.97. The molecule has 0 atom stereocenters. The van der Waals surface area contributed by atoms with Gasteiger partial charge in [0.05, 0.1) is 35.0 Å². The van der Waals surface area contributed by atoms with Gasteiger partial charge in [-0.2, -0.15) is 4.31 Å². The molecule has 3 aromatic rings. The first kappa shape index (κ1) is 28.5. The number of ketones is 1. The highest BCUT2D eigenvalue weighted by Crippen LogP contribution is 2.32. The number of nitrogens with one attached hydrogen (secondary N) is 1. The number of benzene rings is 3. The SMILES string of the molecule is O=C(COC(=O)c1ccccc1C(=O)c1ccccc1)Nc1cc(S(=O)(=O)N2CCOCC2)ccc1N1CCCC1. The summed E-state index contributed by atoms with van der Waals surface area (Å²) < 4.78 is 38.5. The molecule has 0 spiro atoms. The van der Waals surface area contributed by atoms with Crippen molar-refractivity contribution >= 4 is 39.1 Å². The van der Waals surface area contributed by atoms with Crippen LogP contribution in [0.3, 0.4) is 0 Å². The Bertz CT molecular complexity index is 1530. The molecule has 3 aromatic carbocycles. The summed E-state index contributed by atoms with van der Waals surface area (Å²) in [6, 6.07) is 19.5. The molecule has 0 saturated carbocycles. The van der Waals surface area contributed by atoms with Crippen LogP contribution < -0.4 is 10.2 Å². The molecule has 0 aliphatic carbocycles. The van der Waals surface area contributed by atoms with E-state index >= 15 is 0 Å². The predicted octanol–water partition coefficient (Wildman–Crippen LogP) is 3.33. The third-order valence-corrected chi connectivity index (χ3v) is 8.95. The van der Waals surface area contributed by atoms with Gasteiger partial charge in [0.1, 0.15) is 0 Å². The van der Waals surface area contributed by atoms with Crippen LogP contribution in [0.25, 0.3) is 0 Å². The second-order valence-electron chi connectivity index (χ2n) is 9.75. The Morgan fingerprint density at radius 1 is 0.829 bits per heavy atom. The number of nitrogens with zero attached hydrogens (tertiary/aromatic N) is 2. The van der Waals surface area contributed by atoms with Crippen LogP contribution in [0.1, 0.15) is 39.1 Å². The van der Waals surface area contributed by atoms with Gasteiger partial charge in [-0.15, -0.1) is 0 Å². The Kier molecular flexibility index (Phi) is 8.77. The number of morpholine rings is 1. The molecule has 10 nitrogen and oxygen atoms in total. The van der Waals surface area contributed by atoms with Crippen LogP contribution in [-0.2, 0) is 24.3 Å². The summed E-state index contributed by atoms with van der Waals surface area (Å²) in [5.41, 5.74) is 1.66. The fourth-order valence-corrected chi connectivity index (χ4v) is 6.38. The zero-order valence-electron chi connectivity index (χ0n) is 22.5. The second-order valence-corrected chi connectivity index (χ2v) is 11.7. The second kappa shape index (κ2) is 12.6. The predicted molar refractivity (Wildman–Crippen MR) is 153 cm³/mol. The molecule has 11 heteroatoms. The van der Waals surface area contributed by atoms with E-state index in [-0.39, 0.29) is 34.9 Å². The molecule has 2 fully saturated rings. The normalized spacial score (nSPS) is 15.9. The Labute approximate surface area is 238 Å². The molecule has 2 aliphatic rings. The number of hydrogen-bond donors (Lipinski definition) is 1. The van der Waals surface area contributed by atoms with Crippen molar-refractivity contribution in [3.63, 3.8) is 0 Å². The molecule has 1 N–H and O–H groups in total. The van der Waals surface area contributed by atoms with Gasteiger partial charge in [0, 0.05) is 37.3 Å². The zero-order valence-corrected chi connectivity index (χ0v) is 23.3. The van der Waals surface area contributed by atoms with Gasteiger partial charge in [0.25, 0.3) is 5.91 Å². The molecule has 5 rings (SSSR count). The lowest BCUT2D eigenvalue weighted by Crippen LogP contribution is -2.40. The number of sulfonamides is 1. The smallest absolute Gasteiger partial charge is 0.339 e. The molecular weight excluding hydrogens is 546 g/mol. The molecule has 214 valence electrons. The molecule has 0 radical (unpaired) electrons. The fourth-order valence-electron chi connectivity index (χ4n) is 4.94. The van der Waals surface area contributed by atoms with Crippen molar-refractivity contribution in [1.29, 1.82) is 0 Å². The standard InChI is InChI=1S/C30H31N3O7S/c34-28(21-40-30(36)25-11-5-4-10-24(25)29(35)22-8-2-1-3-9-22)31-26-20-23(12-13-27(26)32-14-6-7-15-32)41(37,38)33-16-18-39-19-17-33/h1-5,8-13,20H,6-7,14-19,21H2,(H,31,34). The van der Waals surface area contributed by atoms with Crippen molar-refractivity contribution in [2.45, 2.75) is 17.7 Å². The highest BCUT2D eigenvalue weighted by atomic mass is 32.2. The van der Waals surface area contributed by atoms with E-state index < -0.39 is 28.5 Å². The van der Waals surface area contributed by atoms with Crippen molar-refractivity contribution in [2.24, 2.45) is 0 Å². The number of anilines is 2. The van der Waals surface area contributed by atoms with E-state index in [0.717, 1.165) is 25.9 Å². The number of rotatable bonds is 9. The van der Waals surface area contributed by atoms with E-state index in [1.54, 1.807) is 54.6 Å². The molecule has 2 heterocycles. The van der Waals surface area contributed by atoms with Crippen LogP contribution in [0.4, 0.5) is 11.4 Å². The van der Waals surface area contributed by atoms with E-state index in [9.17, 15) is 22.8 Å². The van der Waals surface area contributed by atoms with Gasteiger partial charge in [0.2, 0.25) is 10.0 Å². The molecule has 0 aromatic heterocycles. The Morgan fingerprint density at radius 3 is 2.20 bits per heavy atom. The van der Waals surface area contributed by atoms with Gasteiger partial charge in [-0.25, -0.2) is 13.2 Å². The Balaban J connectivity index is 1.32. The van der Waals surface area contributed by atoms with Gasteiger partial charge in [-0.05, 0) is 37.1 Å². The molecule has 41 heavy (non-hydrogen) atoms. The third-order valence-electron chi connectivity index (χ3n) is 7.06. The van der Waals surface area contributed by atoms with Crippen molar-refractivity contribution in [3.05, 3.63) is 89.5 Å². The monoisotopic (exact) mass is 577 g/mol. The summed E-state index contributed by atoms with van der Waals surface area (Å²) in [4.78, 5) is 41.0. The largest absolute Gasteiger partial charge is 0.452 e. The van der Waals surface area contributed by atoms with Crippen LogP contribution in [0.5, 0.6) is 0 Å². The molecule has 2 saturated heterocycles. The summed E-state index contributed by atoms with van der Waals surface area (Å²) in [5.74, 6) is -1.79. The van der Waals surface area contributed by atoms with E-state index in [0.29, 0.717) is 30.2 Å². The van der Waals surface area contributed by atoms with Gasteiger partial charge in [0.15, 0.2) is 12.4 Å². The van der Waals surface area contributed by atoms with E-state index in [2.05, 4.69) is 10.2 Å². The summed E-state index contributed by atoms with van der Waals surface area (Å²) in [5, 5.41) is 2.74. The maximum Gasteiger partial charge on any atom is 0.339 e. The molecule has 2 aliphatic heterocycles. The van der Waals surface area contributed by atoms with Crippen LogP contribution in [0.2, 0.25) is 0 Å². The quantitative estimate of drug-likeness (QED) is 0.304. The summed E-state index contributed by atoms with van der Waals surface area (Å²) >= 11 is 0. The minimum absolute atomic E-state index is 0.0468. The fraction of sp³-hybridized carbons (Fsp3) is 0.300. The summed E-state index contributed by atoms with van der Waals surface area (Å²) in [6.45, 7) is 2.08. The maximum absolute atomic E-state index is 13.3. The molecule has 1 amide bonds. The van der Waals surface area contributed by atoms with Gasteiger partial charge >= 0.3 is 5.97 Å². The van der Waals surface area contributed by atoms with E-state index in [1.807, 2.05) is 0 Å². The Morgan fingerprint density at radius 2 is 1.49 bits per heavy atom. The minimum atomic E-state index is -3.79. The number of esters is 1. The van der Waals surface area contributed by atoms with E-state index in [4.69, 9.17) is 9.47 Å². The molecule has 0 bridgehead atoms. The number of carbonyl (C=O) groups excluding carboxylic acids is 3. The highest BCUT2D eigenvalue weighted by Gasteiger charge is 2.28. The first-order valence-corrected chi connectivity index (χ1v) is 14.9. The lowest BCUT2D eigenvalue weighted by molar-refractivity contribution is -0.119. The van der Waals surface area contributed by atoms with Crippen molar-refractivity contribution in [1.82, 2.24) is 4.31 Å². The van der Waals surface area contributed by atoms with Crippen molar-refractivity contribution in [2.75, 3.05) is 56.2 Å². The van der Waals surface area contributed by atoms with Crippen LogP contribution >= 0.6 is 0 Å². The summed E-state index contributed by atoms with van der Waals surface area (Å²) in [7, 11) is -3.79. The lowest BCUT2D eigenvalue weighted by atomic mass is 9.98. The lowest BCUT2D eigenvalue weighted by Gasteiger charge is -2.27. The number of ether oxygens (including phenoxy) is 2. The maximum atomic E-state index is 13.3. The average molecular weight is 578 g/mol. The first-order valence-electron chi connectivity index (χ1n) is 13.5. The number of hydrogen-bond acceptors (Lipinski definition) is 8. The van der Waals surface area contributed by atoms with Gasteiger partial charge < -0.3 is 19.7 Å². The minimum Gasteiger partial charge on any atom is -0.452 e.